The van der Waals surface area contributed by atoms with Gasteiger partial charge in [-0.1, -0.05) is 79.4 Å². The molecular weight excluding hydrogens is 616 g/mol. The van der Waals surface area contributed by atoms with Crippen LogP contribution in [-0.4, -0.2) is 13.5 Å². The van der Waals surface area contributed by atoms with E-state index in [2.05, 4.69) is 31.9 Å². The third-order valence-electron chi connectivity index (χ3n) is 5.73. The Morgan fingerprint density at radius 2 is 1.37 bits per heavy atom. The van der Waals surface area contributed by atoms with Gasteiger partial charge in [0.1, 0.15) is 10.6 Å². The first-order valence-electron chi connectivity index (χ1n) is 10.5. The van der Waals surface area contributed by atoms with Crippen molar-refractivity contribution >= 4 is 75.1 Å². The zero-order valence-corrected chi connectivity index (χ0v) is 23.0. The van der Waals surface area contributed by atoms with Crippen LogP contribution in [0.25, 0.3) is 32.7 Å². The molecule has 1 N–H and O–H groups in total. The van der Waals surface area contributed by atoms with Crippen molar-refractivity contribution in [2.24, 2.45) is 0 Å². The maximum absolute atomic E-state index is 13.2. The van der Waals surface area contributed by atoms with Gasteiger partial charge in [-0.2, -0.15) is 8.42 Å². The zero-order chi connectivity index (χ0) is 24.9. The number of aromatic hydroxyl groups is 1. The molecule has 5 aromatic carbocycles. The van der Waals surface area contributed by atoms with Crippen LogP contribution in [0.1, 0.15) is 5.56 Å². The van der Waals surface area contributed by atoms with Crippen molar-refractivity contribution in [2.45, 2.75) is 11.8 Å². The van der Waals surface area contributed by atoms with E-state index in [0.29, 0.717) is 21.9 Å². The van der Waals surface area contributed by atoms with Gasteiger partial charge >= 0.3 is 10.1 Å². The molecule has 5 aromatic rings. The highest BCUT2D eigenvalue weighted by atomic mass is 79.9. The summed E-state index contributed by atoms with van der Waals surface area (Å²) in [6.07, 6.45) is 0. The lowest BCUT2D eigenvalue weighted by molar-refractivity contribution is 0.475. The molecule has 0 amide bonds. The topological polar surface area (TPSA) is 63.6 Å². The van der Waals surface area contributed by atoms with E-state index in [1.807, 2.05) is 43.3 Å². The van der Waals surface area contributed by atoms with Crippen molar-refractivity contribution in [3.63, 3.8) is 0 Å². The molecule has 0 radical (unpaired) electrons. The van der Waals surface area contributed by atoms with Gasteiger partial charge in [-0.05, 0) is 77.0 Å². The Labute approximate surface area is 224 Å². The number of benzene rings is 5. The van der Waals surface area contributed by atoms with E-state index in [1.54, 1.807) is 30.3 Å². The van der Waals surface area contributed by atoms with Crippen LogP contribution in [0.3, 0.4) is 0 Å². The zero-order valence-electron chi connectivity index (χ0n) is 18.2. The summed E-state index contributed by atoms with van der Waals surface area (Å²) in [7, 11) is -4.15. The van der Waals surface area contributed by atoms with Crippen LogP contribution >= 0.6 is 43.5 Å². The number of hydrogen-bond donors (Lipinski definition) is 1. The number of phenols is 1. The fraction of sp³-hybridized carbons (Fsp3) is 0.0370. The quantitative estimate of drug-likeness (QED) is 0.202. The van der Waals surface area contributed by atoms with Crippen LogP contribution < -0.4 is 4.18 Å². The smallest absolute Gasteiger partial charge is 0.339 e. The lowest BCUT2D eigenvalue weighted by Crippen LogP contribution is -2.10. The third kappa shape index (κ3) is 4.54. The van der Waals surface area contributed by atoms with Crippen LogP contribution in [0.2, 0.25) is 5.02 Å². The van der Waals surface area contributed by atoms with Crippen LogP contribution in [-0.2, 0) is 10.1 Å². The van der Waals surface area contributed by atoms with Gasteiger partial charge < -0.3 is 9.29 Å². The standard InChI is InChI=1S/C27H17Br2ClO4S/c1-15-2-7-20(8-3-15)35(32,33)34-24-11-4-16-12-18(28)5-9-21(16)25(24)26-22-10-6-19(29)13-17(22)14-23(30)27(26)31/h2-14,31H,1H3. The van der Waals surface area contributed by atoms with Gasteiger partial charge in [-0.15, -0.1) is 0 Å². The highest BCUT2D eigenvalue weighted by Gasteiger charge is 2.24. The van der Waals surface area contributed by atoms with Gasteiger partial charge in [-0.3, -0.25) is 0 Å². The van der Waals surface area contributed by atoms with Gasteiger partial charge in [0, 0.05) is 20.1 Å². The largest absolute Gasteiger partial charge is 0.506 e. The lowest BCUT2D eigenvalue weighted by atomic mass is 9.92. The number of hydrogen-bond acceptors (Lipinski definition) is 4. The average molecular weight is 633 g/mol. The molecule has 0 bridgehead atoms. The molecule has 0 saturated heterocycles. The predicted octanol–water partition coefficient (Wildman–Crippen LogP) is 8.62. The Bertz CT molecular complexity index is 1730. The minimum Gasteiger partial charge on any atom is -0.506 e. The molecule has 176 valence electrons. The van der Waals surface area contributed by atoms with Crippen molar-refractivity contribution in [1.82, 2.24) is 0 Å². The summed E-state index contributed by atoms with van der Waals surface area (Å²) in [6.45, 7) is 1.88. The summed E-state index contributed by atoms with van der Waals surface area (Å²) in [6, 6.07) is 22.7. The van der Waals surface area contributed by atoms with Crippen LogP contribution in [0.15, 0.2) is 92.7 Å². The molecule has 8 heteroatoms. The summed E-state index contributed by atoms with van der Waals surface area (Å²) < 4.78 is 33.9. The predicted molar refractivity (Wildman–Crippen MR) is 148 cm³/mol. The first-order valence-corrected chi connectivity index (χ1v) is 13.9. The van der Waals surface area contributed by atoms with Gasteiger partial charge in [-0.25, -0.2) is 0 Å². The molecule has 0 aliphatic carbocycles. The van der Waals surface area contributed by atoms with Gasteiger partial charge in [0.15, 0.2) is 5.75 Å². The Kier molecular flexibility index (Phi) is 6.30. The van der Waals surface area contributed by atoms with Crippen molar-refractivity contribution < 1.29 is 17.7 Å². The summed E-state index contributed by atoms with van der Waals surface area (Å²) in [5.41, 5.74) is 1.75. The van der Waals surface area contributed by atoms with Gasteiger partial charge in [0.25, 0.3) is 0 Å². The summed E-state index contributed by atoms with van der Waals surface area (Å²) in [4.78, 5) is 0.0362. The Morgan fingerprint density at radius 1 is 0.771 bits per heavy atom. The van der Waals surface area contributed by atoms with Crippen molar-refractivity contribution in [2.75, 3.05) is 0 Å². The monoisotopic (exact) mass is 630 g/mol. The minimum atomic E-state index is -4.15. The van der Waals surface area contributed by atoms with Crippen molar-refractivity contribution in [3.8, 4) is 22.6 Å². The molecule has 0 aromatic heterocycles. The summed E-state index contributed by atoms with van der Waals surface area (Å²) >= 11 is 13.4. The maximum Gasteiger partial charge on any atom is 0.339 e. The Morgan fingerprint density at radius 3 is 2.03 bits per heavy atom. The van der Waals surface area contributed by atoms with Gasteiger partial charge in [0.2, 0.25) is 0 Å². The van der Waals surface area contributed by atoms with E-state index >= 15 is 0 Å². The molecule has 0 spiro atoms. The molecule has 0 atom stereocenters. The van der Waals surface area contributed by atoms with Crippen LogP contribution in [0.5, 0.6) is 11.5 Å². The molecule has 0 aliphatic rings. The SMILES string of the molecule is Cc1ccc(S(=O)(=O)Oc2ccc3cc(Br)ccc3c2-c2c(O)c(Cl)cc3cc(Br)ccc23)cc1. The molecule has 35 heavy (non-hydrogen) atoms. The number of phenolic OH excluding ortho intramolecular Hbond substituents is 1. The fourth-order valence-electron chi connectivity index (χ4n) is 4.06. The highest BCUT2D eigenvalue weighted by Crippen LogP contribution is 2.48. The van der Waals surface area contributed by atoms with Crippen molar-refractivity contribution in [3.05, 3.63) is 98.4 Å². The second-order valence-corrected chi connectivity index (χ2v) is 11.9. The molecule has 4 nitrogen and oxygen atoms in total. The normalized spacial score (nSPS) is 11.8. The second kappa shape index (κ2) is 9.13. The first-order chi connectivity index (χ1) is 16.6. The maximum atomic E-state index is 13.2. The number of rotatable bonds is 4. The Balaban J connectivity index is 1.84. The lowest BCUT2D eigenvalue weighted by Gasteiger charge is -2.18. The fourth-order valence-corrected chi connectivity index (χ4v) is 5.98. The third-order valence-corrected chi connectivity index (χ3v) is 8.25. The van der Waals surface area contributed by atoms with Crippen molar-refractivity contribution in [1.29, 1.82) is 0 Å². The summed E-state index contributed by atoms with van der Waals surface area (Å²) in [5.74, 6) is -0.0725. The van der Waals surface area contributed by atoms with E-state index in [0.717, 1.165) is 25.3 Å². The minimum absolute atomic E-state index is 0.0362. The molecule has 5 rings (SSSR count). The molecule has 0 unspecified atom stereocenters. The molecule has 0 heterocycles. The summed E-state index contributed by atoms with van der Waals surface area (Å²) in [5, 5.41) is 14.3. The second-order valence-electron chi connectivity index (χ2n) is 8.10. The average Bonchev–Trinajstić information content (AvgIpc) is 2.80. The number of aryl methyl sites for hydroxylation is 1. The molecular formula is C27H17Br2ClO4S. The number of halogens is 3. The van der Waals surface area contributed by atoms with E-state index in [1.165, 1.54) is 12.1 Å². The first kappa shape index (κ1) is 24.1. The highest BCUT2D eigenvalue weighted by molar-refractivity contribution is 9.10. The number of fused-ring (bicyclic) bond motifs is 2. The van der Waals surface area contributed by atoms with Crippen LogP contribution in [0, 0.1) is 6.92 Å². The van der Waals surface area contributed by atoms with Gasteiger partial charge in [0.05, 0.1) is 5.02 Å². The Hall–Kier alpha value is -2.58. The van der Waals surface area contributed by atoms with E-state index in [9.17, 15) is 13.5 Å². The molecule has 0 aliphatic heterocycles. The van der Waals surface area contributed by atoms with Crippen LogP contribution in [0.4, 0.5) is 0 Å². The van der Waals surface area contributed by atoms with E-state index in [-0.39, 0.29) is 21.4 Å². The molecule has 0 saturated carbocycles. The van der Waals surface area contributed by atoms with E-state index in [4.69, 9.17) is 15.8 Å². The van der Waals surface area contributed by atoms with E-state index < -0.39 is 10.1 Å². The molecule has 0 fully saturated rings.